The minimum absolute atomic E-state index is 0.122. The quantitative estimate of drug-likeness (QED) is 0.802. The van der Waals surface area contributed by atoms with Crippen molar-refractivity contribution in [1.82, 2.24) is 10.2 Å². The van der Waals surface area contributed by atoms with Crippen molar-refractivity contribution in [3.63, 3.8) is 0 Å². The van der Waals surface area contributed by atoms with Crippen molar-refractivity contribution >= 4 is 11.9 Å². The number of carbonyl (C=O) groups is 1. The third kappa shape index (κ3) is 1.69. The maximum Gasteiger partial charge on any atom is 0.323 e. The molecule has 4 heteroatoms. The van der Waals surface area contributed by atoms with E-state index in [-0.39, 0.29) is 12.1 Å². The number of rotatable bonds is 2. The fourth-order valence-corrected chi connectivity index (χ4v) is 2.31. The summed E-state index contributed by atoms with van der Waals surface area (Å²) in [5.74, 6) is 0.297. The van der Waals surface area contributed by atoms with Crippen molar-refractivity contribution in [3.05, 3.63) is 35.4 Å². The molecule has 17 heavy (non-hydrogen) atoms. The van der Waals surface area contributed by atoms with Crippen molar-refractivity contribution < 1.29 is 4.79 Å². The Morgan fingerprint density at radius 1 is 1.29 bits per heavy atom. The number of hydrogen-bond donors (Lipinski definition) is 2. The normalized spacial score (nSPS) is 24.1. The second-order valence-corrected chi connectivity index (χ2v) is 4.80. The van der Waals surface area contributed by atoms with Gasteiger partial charge >= 0.3 is 6.03 Å². The number of nitrogens with one attached hydrogen (secondary N) is 2. The number of urea groups is 1. The summed E-state index contributed by atoms with van der Waals surface area (Å²) in [6, 6.07) is 8.05. The number of amides is 2. The summed E-state index contributed by atoms with van der Waals surface area (Å²) in [6.45, 7) is 2.03. The molecule has 1 aliphatic carbocycles. The highest BCUT2D eigenvalue weighted by Gasteiger charge is 2.44. The minimum atomic E-state index is -0.212. The number of hydrogen-bond acceptors (Lipinski definition) is 2. The molecule has 0 bridgehead atoms. The van der Waals surface area contributed by atoms with Gasteiger partial charge in [-0.25, -0.2) is 4.79 Å². The molecule has 0 spiro atoms. The van der Waals surface area contributed by atoms with E-state index in [1.807, 2.05) is 36.1 Å². The van der Waals surface area contributed by atoms with Gasteiger partial charge < -0.3 is 4.90 Å². The highest BCUT2D eigenvalue weighted by Crippen LogP contribution is 2.37. The molecule has 2 N–H and O–H groups in total. The van der Waals surface area contributed by atoms with Gasteiger partial charge in [0.1, 0.15) is 11.9 Å². The average Bonchev–Trinajstić information content (AvgIpc) is 3.07. The predicted molar refractivity (Wildman–Crippen MR) is 65.0 cm³/mol. The summed E-state index contributed by atoms with van der Waals surface area (Å²) >= 11 is 0. The molecule has 2 amide bonds. The average molecular weight is 229 g/mol. The van der Waals surface area contributed by atoms with E-state index in [0.717, 1.165) is 18.4 Å². The molecular weight excluding hydrogens is 214 g/mol. The molecule has 3 rings (SSSR count). The Labute approximate surface area is 100 Å². The largest absolute Gasteiger partial charge is 0.323 e. The summed E-state index contributed by atoms with van der Waals surface area (Å²) in [5.41, 5.74) is 2.21. The second-order valence-electron chi connectivity index (χ2n) is 4.80. The van der Waals surface area contributed by atoms with Crippen LogP contribution in [0, 0.1) is 12.3 Å². The van der Waals surface area contributed by atoms with Crippen LogP contribution in [0.3, 0.4) is 0 Å². The van der Waals surface area contributed by atoms with Gasteiger partial charge in [0, 0.05) is 6.04 Å². The van der Waals surface area contributed by atoms with E-state index in [4.69, 9.17) is 5.41 Å². The van der Waals surface area contributed by atoms with E-state index in [9.17, 15) is 4.79 Å². The van der Waals surface area contributed by atoms with Crippen LogP contribution in [0.5, 0.6) is 0 Å². The molecular formula is C13H15N3O. The van der Waals surface area contributed by atoms with Crippen molar-refractivity contribution in [3.8, 4) is 0 Å². The first-order valence-corrected chi connectivity index (χ1v) is 5.91. The lowest BCUT2D eigenvalue weighted by Gasteiger charge is -2.22. The summed E-state index contributed by atoms with van der Waals surface area (Å²) < 4.78 is 0. The van der Waals surface area contributed by atoms with E-state index in [1.54, 1.807) is 0 Å². The first-order valence-electron chi connectivity index (χ1n) is 5.91. The molecule has 1 aromatic carbocycles. The van der Waals surface area contributed by atoms with Gasteiger partial charge in [-0.15, -0.1) is 0 Å². The Bertz CT molecular complexity index is 476. The van der Waals surface area contributed by atoms with Crippen molar-refractivity contribution in [1.29, 1.82) is 5.41 Å². The Balaban J connectivity index is 1.96. The highest BCUT2D eigenvalue weighted by molar-refractivity contribution is 6.06. The number of nitrogens with zero attached hydrogens (tertiary/aromatic N) is 1. The number of aryl methyl sites for hydroxylation is 1. The summed E-state index contributed by atoms with van der Waals surface area (Å²) in [4.78, 5) is 13.6. The van der Waals surface area contributed by atoms with Crippen LogP contribution < -0.4 is 5.32 Å². The number of carbonyl (C=O) groups excluding carboxylic acids is 1. The topological polar surface area (TPSA) is 56.2 Å². The molecule has 1 saturated heterocycles. The van der Waals surface area contributed by atoms with Crippen LogP contribution in [-0.2, 0) is 0 Å². The Morgan fingerprint density at radius 2 is 1.94 bits per heavy atom. The molecule has 1 aliphatic heterocycles. The monoisotopic (exact) mass is 229 g/mol. The van der Waals surface area contributed by atoms with Gasteiger partial charge in [-0.05, 0) is 25.3 Å². The zero-order valence-electron chi connectivity index (χ0n) is 9.73. The Morgan fingerprint density at radius 3 is 2.53 bits per heavy atom. The molecule has 1 heterocycles. The lowest BCUT2D eigenvalue weighted by Crippen LogP contribution is -2.31. The lowest BCUT2D eigenvalue weighted by molar-refractivity contribution is 0.203. The maximum atomic E-state index is 11.8. The van der Waals surface area contributed by atoms with Crippen LogP contribution in [0.4, 0.5) is 4.79 Å². The Hall–Kier alpha value is -1.84. The lowest BCUT2D eigenvalue weighted by atomic mass is 10.0. The third-order valence-electron chi connectivity index (χ3n) is 3.36. The van der Waals surface area contributed by atoms with Gasteiger partial charge in [-0.1, -0.05) is 29.8 Å². The highest BCUT2D eigenvalue weighted by atomic mass is 16.2. The van der Waals surface area contributed by atoms with E-state index in [1.165, 1.54) is 5.56 Å². The molecule has 1 unspecified atom stereocenters. The maximum absolute atomic E-state index is 11.8. The summed E-state index contributed by atoms with van der Waals surface area (Å²) in [5, 5.41) is 10.5. The van der Waals surface area contributed by atoms with Gasteiger partial charge in [0.25, 0.3) is 0 Å². The Kier molecular flexibility index (Phi) is 2.18. The smallest absolute Gasteiger partial charge is 0.307 e. The van der Waals surface area contributed by atoms with Crippen LogP contribution in [0.15, 0.2) is 24.3 Å². The number of amidine groups is 1. The van der Waals surface area contributed by atoms with Crippen LogP contribution in [-0.4, -0.2) is 22.8 Å². The fraction of sp³-hybridized carbons (Fsp3) is 0.385. The zero-order valence-corrected chi connectivity index (χ0v) is 9.73. The van der Waals surface area contributed by atoms with Gasteiger partial charge in [0.2, 0.25) is 0 Å². The minimum Gasteiger partial charge on any atom is -0.307 e. The van der Waals surface area contributed by atoms with Crippen molar-refractivity contribution in [2.24, 2.45) is 0 Å². The van der Waals surface area contributed by atoms with Gasteiger partial charge in [-0.3, -0.25) is 10.7 Å². The van der Waals surface area contributed by atoms with E-state index >= 15 is 0 Å². The molecule has 88 valence electrons. The molecule has 2 fully saturated rings. The zero-order chi connectivity index (χ0) is 12.0. The SMILES string of the molecule is Cc1ccc(C2C(=N)NC(=O)N2C2CC2)cc1. The van der Waals surface area contributed by atoms with E-state index < -0.39 is 0 Å². The van der Waals surface area contributed by atoms with Crippen LogP contribution in [0.2, 0.25) is 0 Å². The van der Waals surface area contributed by atoms with Crippen LogP contribution in [0.25, 0.3) is 0 Å². The molecule has 1 atom stereocenters. The summed E-state index contributed by atoms with van der Waals surface area (Å²) in [6.07, 6.45) is 2.12. The van der Waals surface area contributed by atoms with Crippen molar-refractivity contribution in [2.45, 2.75) is 31.8 Å². The predicted octanol–water partition coefficient (Wildman–Crippen LogP) is 2.20. The van der Waals surface area contributed by atoms with Gasteiger partial charge in [0.15, 0.2) is 0 Å². The molecule has 0 aromatic heterocycles. The second kappa shape index (κ2) is 3.58. The first kappa shape index (κ1) is 10.3. The standard InChI is InChI=1S/C13H15N3O/c1-8-2-4-9(5-3-8)11-12(14)15-13(17)16(11)10-6-7-10/h2-5,10-11H,6-7H2,1H3,(H2,14,15,17). The van der Waals surface area contributed by atoms with Gasteiger partial charge in [-0.2, -0.15) is 0 Å². The van der Waals surface area contributed by atoms with Gasteiger partial charge in [0.05, 0.1) is 0 Å². The summed E-state index contributed by atoms with van der Waals surface area (Å²) in [7, 11) is 0. The third-order valence-corrected chi connectivity index (χ3v) is 3.36. The molecule has 0 radical (unpaired) electrons. The molecule has 4 nitrogen and oxygen atoms in total. The molecule has 1 saturated carbocycles. The van der Waals surface area contributed by atoms with Crippen molar-refractivity contribution in [2.75, 3.05) is 0 Å². The van der Waals surface area contributed by atoms with E-state index in [0.29, 0.717) is 11.9 Å². The van der Waals surface area contributed by atoms with Crippen LogP contribution in [0.1, 0.15) is 30.0 Å². The molecule has 1 aromatic rings. The van der Waals surface area contributed by atoms with E-state index in [2.05, 4.69) is 5.32 Å². The fourth-order valence-electron chi connectivity index (χ4n) is 2.31. The van der Waals surface area contributed by atoms with Crippen LogP contribution >= 0.6 is 0 Å². The first-order chi connectivity index (χ1) is 8.16. The number of benzene rings is 1. The molecule has 2 aliphatic rings.